The molecule has 0 radical (unpaired) electrons. The summed E-state index contributed by atoms with van der Waals surface area (Å²) in [6.45, 7) is 1.96. The van der Waals surface area contributed by atoms with Crippen molar-refractivity contribution < 1.29 is 28.5 Å². The number of esters is 1. The normalized spacial score (nSPS) is 34.7. The fraction of sp³-hybridized carbons (Fsp3) is 0.444. The molecule has 25 heavy (non-hydrogen) atoms. The summed E-state index contributed by atoms with van der Waals surface area (Å²) in [4.78, 5) is 24.2. The number of fused-ring (bicyclic) bond motifs is 3. The second-order valence-corrected chi connectivity index (χ2v) is 6.59. The van der Waals surface area contributed by atoms with E-state index in [-0.39, 0.29) is 17.9 Å². The van der Waals surface area contributed by atoms with Gasteiger partial charge in [0.2, 0.25) is 0 Å². The second kappa shape index (κ2) is 5.77. The molecule has 1 aromatic carbocycles. The van der Waals surface area contributed by atoms with Gasteiger partial charge in [-0.05, 0) is 25.5 Å². The number of carbonyl (C=O) groups is 2. The van der Waals surface area contributed by atoms with Crippen LogP contribution in [0.25, 0.3) is 0 Å². The van der Waals surface area contributed by atoms with E-state index >= 15 is 0 Å². The quantitative estimate of drug-likeness (QED) is 0.512. The standard InChI is InChI=1S/C18H19NO6/c1-18-13(25-18)8-11-12(15(20)23-10-6-4-3-5-7-10)9-22-16(14(11)18)24-17(21)19-2/h3-7,9,11,13-14,16H,8H2,1-2H3,(H,19,21)/t11-,13+,14-,16+,18+/m1/s1. The molecule has 1 N–H and O–H groups in total. The monoisotopic (exact) mass is 345 g/mol. The fourth-order valence-electron chi connectivity index (χ4n) is 3.84. The number of hydrogen-bond acceptors (Lipinski definition) is 6. The van der Waals surface area contributed by atoms with Gasteiger partial charge in [0.25, 0.3) is 6.29 Å². The molecule has 3 aliphatic rings. The Morgan fingerprint density at radius 1 is 1.28 bits per heavy atom. The molecule has 0 aromatic heterocycles. The molecule has 0 bridgehead atoms. The van der Waals surface area contributed by atoms with Gasteiger partial charge in [-0.1, -0.05) is 18.2 Å². The largest absolute Gasteiger partial charge is 0.461 e. The van der Waals surface area contributed by atoms with Crippen molar-refractivity contribution in [1.29, 1.82) is 0 Å². The van der Waals surface area contributed by atoms with Crippen LogP contribution in [0, 0.1) is 11.8 Å². The average Bonchev–Trinajstić information content (AvgIpc) is 3.16. The molecule has 0 unspecified atom stereocenters. The molecule has 132 valence electrons. The highest BCUT2D eigenvalue weighted by Crippen LogP contribution is 2.61. The lowest BCUT2D eigenvalue weighted by Crippen LogP contribution is -2.44. The number of carbonyl (C=O) groups excluding carboxylic acids is 2. The van der Waals surface area contributed by atoms with Crippen LogP contribution in [0.4, 0.5) is 4.79 Å². The zero-order valence-corrected chi connectivity index (χ0v) is 13.9. The van der Waals surface area contributed by atoms with Crippen molar-refractivity contribution in [3.8, 4) is 5.75 Å². The molecule has 1 saturated carbocycles. The maximum atomic E-state index is 12.6. The molecule has 1 aliphatic carbocycles. The number of rotatable bonds is 3. The van der Waals surface area contributed by atoms with Crippen LogP contribution in [0.5, 0.6) is 5.75 Å². The number of amides is 1. The van der Waals surface area contributed by atoms with Gasteiger partial charge < -0.3 is 24.3 Å². The third kappa shape index (κ3) is 2.64. The third-order valence-corrected chi connectivity index (χ3v) is 5.18. The lowest BCUT2D eigenvalue weighted by molar-refractivity contribution is -0.147. The first-order valence-corrected chi connectivity index (χ1v) is 8.22. The number of benzene rings is 1. The summed E-state index contributed by atoms with van der Waals surface area (Å²) in [5, 5.41) is 2.41. The molecule has 2 heterocycles. The van der Waals surface area contributed by atoms with Gasteiger partial charge in [-0.2, -0.15) is 0 Å². The Hall–Kier alpha value is -2.54. The van der Waals surface area contributed by atoms with Gasteiger partial charge in [0, 0.05) is 13.0 Å². The van der Waals surface area contributed by atoms with Crippen molar-refractivity contribution in [1.82, 2.24) is 5.32 Å². The van der Waals surface area contributed by atoms with E-state index in [9.17, 15) is 9.59 Å². The second-order valence-electron chi connectivity index (χ2n) is 6.59. The highest BCUT2D eigenvalue weighted by molar-refractivity contribution is 5.91. The van der Waals surface area contributed by atoms with E-state index in [4.69, 9.17) is 18.9 Å². The van der Waals surface area contributed by atoms with E-state index in [0.29, 0.717) is 17.7 Å². The van der Waals surface area contributed by atoms with Gasteiger partial charge in [-0.25, -0.2) is 9.59 Å². The lowest BCUT2D eigenvalue weighted by Gasteiger charge is -2.35. The first-order chi connectivity index (χ1) is 12.0. The van der Waals surface area contributed by atoms with Crippen molar-refractivity contribution in [2.75, 3.05) is 7.05 Å². The van der Waals surface area contributed by atoms with E-state index in [0.717, 1.165) is 0 Å². The highest BCUT2D eigenvalue weighted by atomic mass is 16.7. The summed E-state index contributed by atoms with van der Waals surface area (Å²) in [5.74, 6) is -0.370. The molecule has 4 rings (SSSR count). The average molecular weight is 345 g/mol. The predicted molar refractivity (Wildman–Crippen MR) is 85.4 cm³/mol. The van der Waals surface area contributed by atoms with E-state index in [1.165, 1.54) is 13.3 Å². The molecule has 5 atom stereocenters. The Kier molecular flexibility index (Phi) is 3.68. The summed E-state index contributed by atoms with van der Waals surface area (Å²) in [7, 11) is 1.48. The van der Waals surface area contributed by atoms with Crippen molar-refractivity contribution in [3.63, 3.8) is 0 Å². The van der Waals surface area contributed by atoms with Crippen LogP contribution in [0.2, 0.25) is 0 Å². The SMILES string of the molecule is CNC(=O)O[C@@H]1OC=C(C(=O)Oc2ccccc2)[C@H]2C[C@@H]3O[C@]3(C)[C@@H]12. The molecule has 7 nitrogen and oxygen atoms in total. The van der Waals surface area contributed by atoms with Crippen LogP contribution >= 0.6 is 0 Å². The minimum atomic E-state index is -0.796. The number of para-hydroxylation sites is 1. The number of ether oxygens (including phenoxy) is 4. The van der Waals surface area contributed by atoms with Crippen LogP contribution in [0.15, 0.2) is 42.2 Å². The molecular formula is C18H19NO6. The van der Waals surface area contributed by atoms with Gasteiger partial charge in [0.1, 0.15) is 11.4 Å². The van der Waals surface area contributed by atoms with E-state index in [1.54, 1.807) is 24.3 Å². The van der Waals surface area contributed by atoms with Gasteiger partial charge >= 0.3 is 12.1 Å². The molecule has 1 aromatic rings. The third-order valence-electron chi connectivity index (χ3n) is 5.18. The van der Waals surface area contributed by atoms with Gasteiger partial charge in [-0.15, -0.1) is 0 Å². The summed E-state index contributed by atoms with van der Waals surface area (Å²) >= 11 is 0. The minimum absolute atomic E-state index is 0.0351. The van der Waals surface area contributed by atoms with Crippen LogP contribution in [0.3, 0.4) is 0 Å². The maximum Gasteiger partial charge on any atom is 0.409 e. The molecular weight excluding hydrogens is 326 g/mol. The van der Waals surface area contributed by atoms with Gasteiger partial charge in [-0.3, -0.25) is 0 Å². The van der Waals surface area contributed by atoms with Crippen molar-refractivity contribution in [2.24, 2.45) is 11.8 Å². The van der Waals surface area contributed by atoms with Crippen LogP contribution in [-0.4, -0.2) is 37.1 Å². The summed E-state index contributed by atoms with van der Waals surface area (Å²) in [6.07, 6.45) is 0.686. The van der Waals surface area contributed by atoms with Crippen molar-refractivity contribution in [3.05, 3.63) is 42.2 Å². The zero-order chi connectivity index (χ0) is 17.6. The minimum Gasteiger partial charge on any atom is -0.461 e. The van der Waals surface area contributed by atoms with Crippen molar-refractivity contribution in [2.45, 2.75) is 31.3 Å². The molecule has 2 fully saturated rings. The number of alkyl carbamates (subject to hydrolysis) is 1. The molecule has 2 aliphatic heterocycles. The number of hydrogen-bond donors (Lipinski definition) is 1. The first-order valence-electron chi connectivity index (χ1n) is 8.22. The molecule has 1 amide bonds. The molecule has 0 spiro atoms. The number of epoxide rings is 1. The lowest BCUT2D eigenvalue weighted by atomic mass is 9.82. The topological polar surface area (TPSA) is 86.4 Å². The van der Waals surface area contributed by atoms with Crippen LogP contribution in [-0.2, 0) is 19.0 Å². The number of nitrogens with one attached hydrogen (secondary N) is 1. The first kappa shape index (κ1) is 16.0. The van der Waals surface area contributed by atoms with Gasteiger partial charge in [0.15, 0.2) is 0 Å². The summed E-state index contributed by atoms with van der Waals surface area (Å²) in [5.41, 5.74) is -0.00164. The van der Waals surface area contributed by atoms with Gasteiger partial charge in [0.05, 0.1) is 23.9 Å². The predicted octanol–water partition coefficient (Wildman–Crippen LogP) is 1.98. The Balaban J connectivity index is 1.56. The summed E-state index contributed by atoms with van der Waals surface area (Å²) in [6, 6.07) is 8.87. The Morgan fingerprint density at radius 2 is 2.04 bits per heavy atom. The van der Waals surface area contributed by atoms with Crippen molar-refractivity contribution >= 4 is 12.1 Å². The molecule has 7 heteroatoms. The van der Waals surface area contributed by atoms with Crippen LogP contribution in [0.1, 0.15) is 13.3 Å². The Bertz CT molecular complexity index is 732. The summed E-state index contributed by atoms with van der Waals surface area (Å²) < 4.78 is 22.1. The van der Waals surface area contributed by atoms with Crippen LogP contribution < -0.4 is 10.1 Å². The maximum absolute atomic E-state index is 12.6. The highest BCUT2D eigenvalue weighted by Gasteiger charge is 2.71. The van der Waals surface area contributed by atoms with E-state index in [2.05, 4.69) is 5.32 Å². The molecule has 1 saturated heterocycles. The fourth-order valence-corrected chi connectivity index (χ4v) is 3.84. The smallest absolute Gasteiger partial charge is 0.409 e. The zero-order valence-electron chi connectivity index (χ0n) is 13.9. The Morgan fingerprint density at radius 3 is 2.76 bits per heavy atom. The van der Waals surface area contributed by atoms with E-state index < -0.39 is 24.0 Å². The van der Waals surface area contributed by atoms with E-state index in [1.807, 2.05) is 13.0 Å². The Labute approximate surface area is 144 Å².